The van der Waals surface area contributed by atoms with Gasteiger partial charge >= 0.3 is 0 Å². The summed E-state index contributed by atoms with van der Waals surface area (Å²) in [6.07, 6.45) is 7.00. The molecule has 0 N–H and O–H groups in total. The molecule has 0 unspecified atom stereocenters. The fourth-order valence-electron chi connectivity index (χ4n) is 3.57. The van der Waals surface area contributed by atoms with Crippen LogP contribution in [0, 0.1) is 0 Å². The Morgan fingerprint density at radius 1 is 1.30 bits per heavy atom. The van der Waals surface area contributed by atoms with E-state index in [2.05, 4.69) is 65.5 Å². The molecule has 0 amide bonds. The van der Waals surface area contributed by atoms with E-state index >= 15 is 0 Å². The summed E-state index contributed by atoms with van der Waals surface area (Å²) in [5, 5.41) is 0. The molecule has 4 rings (SSSR count). The number of rotatable bonds is 3. The third kappa shape index (κ3) is 3.92. The SMILES string of the molecule is C=S(C)(C)=Nc1cc(N2CCOC[C@H]2C)cc(-c2cccc3c2N=CC3)n1. The van der Waals surface area contributed by atoms with Gasteiger partial charge in [-0.2, -0.15) is 0 Å². The van der Waals surface area contributed by atoms with Crippen LogP contribution in [0.15, 0.2) is 39.7 Å². The summed E-state index contributed by atoms with van der Waals surface area (Å²) < 4.78 is 10.4. The van der Waals surface area contributed by atoms with Gasteiger partial charge in [-0.3, -0.25) is 4.99 Å². The summed E-state index contributed by atoms with van der Waals surface area (Å²) in [6.45, 7) is 4.54. The fraction of sp³-hybridized carbons (Fsp3) is 0.381. The summed E-state index contributed by atoms with van der Waals surface area (Å²) in [5.74, 6) is 4.95. The van der Waals surface area contributed by atoms with Crippen molar-refractivity contribution >= 4 is 38.7 Å². The Morgan fingerprint density at radius 2 is 2.15 bits per heavy atom. The number of aromatic nitrogens is 1. The molecule has 1 aromatic carbocycles. The van der Waals surface area contributed by atoms with E-state index in [1.165, 1.54) is 5.56 Å². The lowest BCUT2D eigenvalue weighted by molar-refractivity contribution is 0.0989. The third-order valence-corrected chi connectivity index (χ3v) is 5.44. The van der Waals surface area contributed by atoms with Gasteiger partial charge in [0.2, 0.25) is 0 Å². The summed E-state index contributed by atoms with van der Waals surface area (Å²) in [5.41, 5.74) is 5.41. The smallest absolute Gasteiger partial charge is 0.160 e. The zero-order chi connectivity index (χ0) is 19.0. The van der Waals surface area contributed by atoms with E-state index in [-0.39, 0.29) is 0 Å². The zero-order valence-corrected chi connectivity index (χ0v) is 17.0. The first-order valence-corrected chi connectivity index (χ1v) is 11.8. The molecule has 0 bridgehead atoms. The van der Waals surface area contributed by atoms with E-state index in [9.17, 15) is 0 Å². The highest BCUT2D eigenvalue weighted by Gasteiger charge is 2.22. The van der Waals surface area contributed by atoms with Gasteiger partial charge in [0.25, 0.3) is 0 Å². The van der Waals surface area contributed by atoms with Gasteiger partial charge in [-0.15, -0.1) is 9.41 Å². The van der Waals surface area contributed by atoms with Crippen LogP contribution in [0.5, 0.6) is 0 Å². The fourth-order valence-corrected chi connectivity index (χ4v) is 4.17. The van der Waals surface area contributed by atoms with Crippen LogP contribution in [0.1, 0.15) is 12.5 Å². The number of ether oxygens (including phenoxy) is 1. The molecule has 3 heterocycles. The van der Waals surface area contributed by atoms with Crippen molar-refractivity contribution in [3.8, 4) is 11.3 Å². The van der Waals surface area contributed by atoms with Gasteiger partial charge in [0.15, 0.2) is 5.82 Å². The van der Waals surface area contributed by atoms with Crippen molar-refractivity contribution in [1.29, 1.82) is 0 Å². The molecular weight excluding hydrogens is 356 g/mol. The maximum absolute atomic E-state index is 5.61. The van der Waals surface area contributed by atoms with Crippen molar-refractivity contribution < 1.29 is 4.74 Å². The summed E-state index contributed by atoms with van der Waals surface area (Å²) in [6, 6.07) is 10.9. The van der Waals surface area contributed by atoms with Gasteiger partial charge in [0.05, 0.1) is 24.6 Å². The molecule has 1 aromatic heterocycles. The minimum atomic E-state index is -1.31. The van der Waals surface area contributed by atoms with Gasteiger partial charge in [-0.25, -0.2) is 9.35 Å². The predicted molar refractivity (Wildman–Crippen MR) is 118 cm³/mol. The molecule has 0 aliphatic carbocycles. The molecule has 27 heavy (non-hydrogen) atoms. The molecule has 2 aliphatic rings. The van der Waals surface area contributed by atoms with Crippen molar-refractivity contribution in [3.05, 3.63) is 35.9 Å². The average molecular weight is 383 g/mol. The molecule has 0 spiro atoms. The van der Waals surface area contributed by atoms with Crippen LogP contribution >= 0.6 is 0 Å². The van der Waals surface area contributed by atoms with Crippen molar-refractivity contribution in [3.63, 3.8) is 0 Å². The van der Waals surface area contributed by atoms with Gasteiger partial charge < -0.3 is 9.64 Å². The molecule has 5 nitrogen and oxygen atoms in total. The van der Waals surface area contributed by atoms with Crippen LogP contribution < -0.4 is 4.90 Å². The normalized spacial score (nSPS) is 19.2. The molecular formula is C21H26N4OS. The Balaban J connectivity index is 1.88. The van der Waals surface area contributed by atoms with Crippen molar-refractivity contribution in [2.45, 2.75) is 19.4 Å². The van der Waals surface area contributed by atoms with Crippen molar-refractivity contribution in [2.24, 2.45) is 9.36 Å². The summed E-state index contributed by atoms with van der Waals surface area (Å²) >= 11 is 0. The lowest BCUT2D eigenvalue weighted by Gasteiger charge is -2.35. The number of aliphatic imine (C=N–C) groups is 1. The minimum Gasteiger partial charge on any atom is -0.377 e. The number of pyridine rings is 1. The quantitative estimate of drug-likeness (QED) is 0.757. The third-order valence-electron chi connectivity index (χ3n) is 4.76. The van der Waals surface area contributed by atoms with Gasteiger partial charge in [0.1, 0.15) is 0 Å². The zero-order valence-electron chi connectivity index (χ0n) is 16.2. The van der Waals surface area contributed by atoms with Gasteiger partial charge in [-0.1, -0.05) is 24.1 Å². The molecule has 1 atom stereocenters. The van der Waals surface area contributed by atoms with E-state index in [1.54, 1.807) is 0 Å². The van der Waals surface area contributed by atoms with E-state index < -0.39 is 9.41 Å². The van der Waals surface area contributed by atoms with Crippen molar-refractivity contribution in [1.82, 2.24) is 4.98 Å². The second kappa shape index (κ2) is 7.09. The van der Waals surface area contributed by atoms with Gasteiger partial charge in [0, 0.05) is 42.5 Å². The molecule has 1 fully saturated rings. The molecule has 2 aliphatic heterocycles. The standard InChI is InChI=1S/C21H26N4OS/c1-15-14-26-11-10-25(15)17-12-19(23-20(13-17)24-27(2,3)4)18-7-5-6-16-8-9-22-21(16)18/h5-7,9,12-13,15H,2,8,10-11,14H2,1,3-4H3/t15-/m1/s1. The van der Waals surface area contributed by atoms with E-state index in [0.717, 1.165) is 54.6 Å². The molecule has 0 radical (unpaired) electrons. The molecule has 142 valence electrons. The van der Waals surface area contributed by atoms with Crippen LogP contribution in [0.25, 0.3) is 11.3 Å². The maximum atomic E-state index is 5.61. The van der Waals surface area contributed by atoms with Crippen molar-refractivity contribution in [2.75, 3.05) is 37.2 Å². The Labute approximate surface area is 161 Å². The lowest BCUT2D eigenvalue weighted by Crippen LogP contribution is -2.43. The number of hydrogen-bond acceptors (Lipinski definition) is 5. The first kappa shape index (κ1) is 18.2. The minimum absolute atomic E-state index is 0.321. The van der Waals surface area contributed by atoms with Crippen LogP contribution in [-0.2, 0) is 20.6 Å². The Kier molecular flexibility index (Phi) is 4.78. The number of para-hydroxylation sites is 1. The topological polar surface area (TPSA) is 50.1 Å². The molecule has 2 aromatic rings. The highest BCUT2D eigenvalue weighted by molar-refractivity contribution is 8.01. The van der Waals surface area contributed by atoms with Gasteiger partial charge in [-0.05, 0) is 31.1 Å². The number of hydrogen-bond donors (Lipinski definition) is 0. The number of anilines is 1. The van der Waals surface area contributed by atoms with E-state index in [0.29, 0.717) is 6.04 Å². The number of morpholine rings is 1. The van der Waals surface area contributed by atoms with Crippen LogP contribution in [0.4, 0.5) is 17.2 Å². The monoisotopic (exact) mass is 382 g/mol. The predicted octanol–water partition coefficient (Wildman–Crippen LogP) is 3.89. The number of nitrogens with zero attached hydrogens (tertiary/aromatic N) is 4. The van der Waals surface area contributed by atoms with E-state index in [4.69, 9.17) is 14.1 Å². The van der Waals surface area contributed by atoms with Crippen LogP contribution in [-0.4, -0.2) is 55.4 Å². The summed E-state index contributed by atoms with van der Waals surface area (Å²) in [7, 11) is -1.31. The summed E-state index contributed by atoms with van der Waals surface area (Å²) in [4.78, 5) is 11.8. The largest absolute Gasteiger partial charge is 0.377 e. The highest BCUT2D eigenvalue weighted by Crippen LogP contribution is 2.38. The Morgan fingerprint density at radius 3 is 2.93 bits per heavy atom. The van der Waals surface area contributed by atoms with Crippen LogP contribution in [0.3, 0.4) is 0 Å². The molecule has 1 saturated heterocycles. The molecule has 0 saturated carbocycles. The first-order valence-electron chi connectivity index (χ1n) is 9.21. The average Bonchev–Trinajstić information content (AvgIpc) is 3.09. The Hall–Kier alpha value is -2.18. The first-order chi connectivity index (χ1) is 12.9. The highest BCUT2D eigenvalue weighted by atomic mass is 32.2. The molecule has 6 heteroatoms. The second-order valence-electron chi connectivity index (χ2n) is 7.59. The second-order valence-corrected chi connectivity index (χ2v) is 10.7. The number of fused-ring (bicyclic) bond motifs is 1. The lowest BCUT2D eigenvalue weighted by atomic mass is 10.0. The van der Waals surface area contributed by atoms with E-state index in [1.807, 2.05) is 6.21 Å². The maximum Gasteiger partial charge on any atom is 0.160 e. The Bertz CT molecular complexity index is 1010. The van der Waals surface area contributed by atoms with Crippen LogP contribution in [0.2, 0.25) is 0 Å². The number of benzene rings is 1.